The zero-order valence-corrected chi connectivity index (χ0v) is 14.4. The monoisotopic (exact) mass is 345 g/mol. The second-order valence-corrected chi connectivity index (χ2v) is 7.09. The summed E-state index contributed by atoms with van der Waals surface area (Å²) in [6.07, 6.45) is 2.24. The molecule has 4 rings (SSSR count). The van der Waals surface area contributed by atoms with Crippen LogP contribution in [0.3, 0.4) is 0 Å². The van der Waals surface area contributed by atoms with Gasteiger partial charge >= 0.3 is 0 Å². The minimum Gasteiger partial charge on any atom is -0.340 e. The number of nitrogens with one attached hydrogen (secondary N) is 2. The summed E-state index contributed by atoms with van der Waals surface area (Å²) in [5.41, 5.74) is 7.54. The van der Waals surface area contributed by atoms with Gasteiger partial charge in [-0.2, -0.15) is 4.98 Å². The quantitative estimate of drug-likeness (QED) is 0.885. The molecule has 2 saturated heterocycles. The highest BCUT2D eigenvalue weighted by Crippen LogP contribution is 2.29. The van der Waals surface area contributed by atoms with Crippen molar-refractivity contribution >= 4 is 0 Å². The van der Waals surface area contributed by atoms with Crippen LogP contribution in [0.5, 0.6) is 0 Å². The van der Waals surface area contributed by atoms with Gasteiger partial charge in [0.15, 0.2) is 5.82 Å². The summed E-state index contributed by atoms with van der Waals surface area (Å²) in [6.45, 7) is 5.71. The number of hydrazine groups is 1. The van der Waals surface area contributed by atoms with Gasteiger partial charge in [0.2, 0.25) is 5.89 Å². The largest absolute Gasteiger partial charge is 0.340 e. The first kappa shape index (κ1) is 16.6. The summed E-state index contributed by atoms with van der Waals surface area (Å²) in [5.74, 6) is 2.00. The van der Waals surface area contributed by atoms with Gasteiger partial charge in [-0.3, -0.25) is 5.43 Å². The average Bonchev–Trinajstić information content (AvgIpc) is 3.24. The van der Waals surface area contributed by atoms with Gasteiger partial charge in [-0.05, 0) is 37.1 Å². The van der Waals surface area contributed by atoms with Crippen molar-refractivity contribution in [3.8, 4) is 0 Å². The first-order valence-corrected chi connectivity index (χ1v) is 8.95. The van der Waals surface area contributed by atoms with E-state index in [1.54, 1.807) is 12.1 Å². The molecule has 1 aromatic heterocycles. The number of likely N-dealkylation sites (tertiary alicyclic amines) is 1. The molecule has 2 aliphatic heterocycles. The minimum absolute atomic E-state index is 0.128. The molecule has 0 radical (unpaired) electrons. The molecule has 2 aliphatic rings. The second kappa shape index (κ2) is 7.19. The molecule has 3 atom stereocenters. The molecule has 134 valence electrons. The SMILES string of the molecule is Cc1nc(C2CCCN(CC3CNNC3c3cccc(F)c3)C2)no1. The molecule has 0 amide bonds. The molecule has 6 nitrogen and oxygen atoms in total. The highest BCUT2D eigenvalue weighted by atomic mass is 19.1. The van der Waals surface area contributed by atoms with Crippen molar-refractivity contribution in [1.29, 1.82) is 0 Å². The van der Waals surface area contributed by atoms with Crippen LogP contribution >= 0.6 is 0 Å². The molecule has 25 heavy (non-hydrogen) atoms. The number of aromatic nitrogens is 2. The fourth-order valence-electron chi connectivity index (χ4n) is 4.01. The Morgan fingerprint density at radius 2 is 2.32 bits per heavy atom. The number of piperidine rings is 1. The zero-order chi connectivity index (χ0) is 17.2. The Balaban J connectivity index is 1.42. The van der Waals surface area contributed by atoms with Crippen molar-refractivity contribution in [1.82, 2.24) is 25.9 Å². The van der Waals surface area contributed by atoms with Gasteiger partial charge in [-0.1, -0.05) is 17.3 Å². The van der Waals surface area contributed by atoms with Gasteiger partial charge < -0.3 is 9.42 Å². The van der Waals surface area contributed by atoms with E-state index in [1.165, 1.54) is 6.07 Å². The summed E-state index contributed by atoms with van der Waals surface area (Å²) < 4.78 is 18.7. The predicted molar refractivity (Wildman–Crippen MR) is 91.2 cm³/mol. The highest BCUT2D eigenvalue weighted by molar-refractivity contribution is 5.22. The van der Waals surface area contributed by atoms with Crippen molar-refractivity contribution in [3.05, 3.63) is 47.4 Å². The summed E-state index contributed by atoms with van der Waals surface area (Å²) in [7, 11) is 0. The van der Waals surface area contributed by atoms with E-state index in [4.69, 9.17) is 4.52 Å². The Labute approximate surface area is 146 Å². The lowest BCUT2D eigenvalue weighted by Gasteiger charge is -2.34. The van der Waals surface area contributed by atoms with Crippen molar-refractivity contribution in [2.45, 2.75) is 31.7 Å². The predicted octanol–water partition coefficient (Wildman–Crippen LogP) is 2.16. The lowest BCUT2D eigenvalue weighted by molar-refractivity contribution is 0.172. The second-order valence-electron chi connectivity index (χ2n) is 7.09. The third-order valence-corrected chi connectivity index (χ3v) is 5.21. The maximum atomic E-state index is 13.6. The molecule has 0 spiro atoms. The number of benzene rings is 1. The Hall–Kier alpha value is -1.83. The third kappa shape index (κ3) is 3.73. The summed E-state index contributed by atoms with van der Waals surface area (Å²) >= 11 is 0. The molecular formula is C18H24FN5O. The van der Waals surface area contributed by atoms with Crippen LogP contribution in [-0.2, 0) is 0 Å². The van der Waals surface area contributed by atoms with Gasteiger partial charge in [0.25, 0.3) is 0 Å². The first-order valence-electron chi connectivity index (χ1n) is 8.95. The van der Waals surface area contributed by atoms with E-state index in [-0.39, 0.29) is 11.9 Å². The summed E-state index contributed by atoms with van der Waals surface area (Å²) in [5, 5.41) is 4.10. The van der Waals surface area contributed by atoms with E-state index in [2.05, 4.69) is 25.9 Å². The van der Waals surface area contributed by atoms with Crippen LogP contribution < -0.4 is 10.9 Å². The van der Waals surface area contributed by atoms with Crippen molar-refractivity contribution in [3.63, 3.8) is 0 Å². The topological polar surface area (TPSA) is 66.2 Å². The molecule has 1 aromatic carbocycles. The van der Waals surface area contributed by atoms with Gasteiger partial charge in [-0.25, -0.2) is 9.82 Å². The van der Waals surface area contributed by atoms with E-state index < -0.39 is 0 Å². The molecule has 3 unspecified atom stereocenters. The fraction of sp³-hybridized carbons (Fsp3) is 0.556. The molecule has 0 saturated carbocycles. The number of nitrogens with zero attached hydrogens (tertiary/aromatic N) is 3. The van der Waals surface area contributed by atoms with Crippen molar-refractivity contribution in [2.75, 3.05) is 26.2 Å². The van der Waals surface area contributed by atoms with Gasteiger partial charge in [0.1, 0.15) is 5.82 Å². The first-order chi connectivity index (χ1) is 12.2. The van der Waals surface area contributed by atoms with Crippen LogP contribution in [0.15, 0.2) is 28.8 Å². The van der Waals surface area contributed by atoms with E-state index >= 15 is 0 Å². The van der Waals surface area contributed by atoms with E-state index in [0.717, 1.165) is 50.4 Å². The lowest BCUT2D eigenvalue weighted by atomic mass is 9.92. The standard InChI is InChI=1S/C18H24FN5O/c1-12-21-18(23-25-12)14-5-3-7-24(10-14)11-15-9-20-22-17(15)13-4-2-6-16(19)8-13/h2,4,6,8,14-15,17,20,22H,3,5,7,9-11H2,1H3. The molecule has 0 aliphatic carbocycles. The van der Waals surface area contributed by atoms with Crippen molar-refractivity contribution < 1.29 is 8.91 Å². The fourth-order valence-corrected chi connectivity index (χ4v) is 4.01. The van der Waals surface area contributed by atoms with Gasteiger partial charge in [0.05, 0.1) is 6.04 Å². The number of aryl methyl sites for hydroxylation is 1. The smallest absolute Gasteiger partial charge is 0.223 e. The Kier molecular flexibility index (Phi) is 4.78. The number of halogens is 1. The van der Waals surface area contributed by atoms with E-state index in [0.29, 0.717) is 17.7 Å². The van der Waals surface area contributed by atoms with Gasteiger partial charge in [0, 0.05) is 38.4 Å². The Morgan fingerprint density at radius 1 is 1.40 bits per heavy atom. The summed E-state index contributed by atoms with van der Waals surface area (Å²) in [6, 6.07) is 7.00. The van der Waals surface area contributed by atoms with Gasteiger partial charge in [-0.15, -0.1) is 0 Å². The van der Waals surface area contributed by atoms with Crippen molar-refractivity contribution in [2.24, 2.45) is 5.92 Å². The number of hydrogen-bond acceptors (Lipinski definition) is 6. The summed E-state index contributed by atoms with van der Waals surface area (Å²) in [4.78, 5) is 6.88. The van der Waals surface area contributed by atoms with Crippen LogP contribution in [0.2, 0.25) is 0 Å². The van der Waals surface area contributed by atoms with Crippen LogP contribution in [0.4, 0.5) is 4.39 Å². The van der Waals surface area contributed by atoms with Crippen LogP contribution in [-0.4, -0.2) is 41.2 Å². The van der Waals surface area contributed by atoms with E-state index in [1.807, 2.05) is 13.0 Å². The minimum atomic E-state index is -0.185. The van der Waals surface area contributed by atoms with Crippen LogP contribution in [0.25, 0.3) is 0 Å². The Bertz CT molecular complexity index is 721. The maximum Gasteiger partial charge on any atom is 0.223 e. The molecular weight excluding hydrogens is 321 g/mol. The normalized spacial score (nSPS) is 27.7. The van der Waals surface area contributed by atoms with E-state index in [9.17, 15) is 4.39 Å². The number of rotatable bonds is 4. The van der Waals surface area contributed by atoms with Crippen LogP contribution in [0, 0.1) is 18.7 Å². The lowest BCUT2D eigenvalue weighted by Crippen LogP contribution is -2.39. The highest BCUT2D eigenvalue weighted by Gasteiger charge is 2.32. The molecule has 2 N–H and O–H groups in total. The molecule has 3 heterocycles. The molecule has 2 fully saturated rings. The molecule has 7 heteroatoms. The molecule has 2 aromatic rings. The zero-order valence-electron chi connectivity index (χ0n) is 14.4. The molecule has 0 bridgehead atoms. The number of hydrogen-bond donors (Lipinski definition) is 2. The Morgan fingerprint density at radius 3 is 3.12 bits per heavy atom. The third-order valence-electron chi connectivity index (χ3n) is 5.21. The maximum absolute atomic E-state index is 13.6. The van der Waals surface area contributed by atoms with Crippen LogP contribution in [0.1, 0.15) is 42.1 Å². The average molecular weight is 345 g/mol.